The van der Waals surface area contributed by atoms with E-state index in [1.807, 2.05) is 19.1 Å². The molecule has 7 aromatic carbocycles. The van der Waals surface area contributed by atoms with E-state index in [1.165, 1.54) is 54.3 Å². The molecule has 2 heteroatoms. The quantitative estimate of drug-likeness (QED) is 0.120. The molecule has 7 aromatic rings. The number of fused-ring (bicyclic) bond motifs is 5. The van der Waals surface area contributed by atoms with Gasteiger partial charge in [0.2, 0.25) is 6.71 Å². The van der Waals surface area contributed by atoms with E-state index in [0.29, 0.717) is 0 Å². The second-order valence-electron chi connectivity index (χ2n) is 10.7. The zero-order valence-corrected chi connectivity index (χ0v) is 24.1. The first-order valence-corrected chi connectivity index (χ1v) is 14.5. The van der Waals surface area contributed by atoms with Crippen molar-refractivity contribution in [1.29, 1.82) is 0 Å². The van der Waals surface area contributed by atoms with E-state index in [9.17, 15) is 0 Å². The second-order valence-corrected chi connectivity index (χ2v) is 10.7. The molecule has 0 aliphatic rings. The molecule has 0 N–H and O–H groups in total. The van der Waals surface area contributed by atoms with Gasteiger partial charge in [-0.05, 0) is 70.4 Å². The number of allylic oxidation sites excluding steroid dienone is 1. The average molecular weight is 541 g/mol. The first-order valence-electron chi connectivity index (χ1n) is 14.5. The normalized spacial score (nSPS) is 10.7. The minimum Gasteiger partial charge on any atom is -0.457 e. The average Bonchev–Trinajstić information content (AvgIpc) is 3.03. The van der Waals surface area contributed by atoms with Gasteiger partial charge in [0, 0.05) is 0 Å². The van der Waals surface area contributed by atoms with E-state index in [4.69, 9.17) is 4.74 Å². The highest BCUT2D eigenvalue weighted by molar-refractivity contribution is 6.95. The van der Waals surface area contributed by atoms with Gasteiger partial charge in [-0.2, -0.15) is 0 Å². The van der Waals surface area contributed by atoms with Crippen LogP contribution < -0.4 is 21.1 Å². The lowest BCUT2D eigenvalue weighted by Crippen LogP contribution is -2.51. The minimum atomic E-state index is 0.191. The van der Waals surface area contributed by atoms with Crippen molar-refractivity contribution in [3.05, 3.63) is 164 Å². The van der Waals surface area contributed by atoms with Crippen LogP contribution in [0, 0.1) is 6.92 Å². The topological polar surface area (TPSA) is 9.23 Å². The van der Waals surface area contributed by atoms with Crippen LogP contribution in [0.2, 0.25) is 0 Å². The Morgan fingerprint density at radius 3 is 1.55 bits per heavy atom. The number of aryl methyl sites for hydroxylation is 1. The summed E-state index contributed by atoms with van der Waals surface area (Å²) in [7, 11) is 0. The summed E-state index contributed by atoms with van der Waals surface area (Å²) >= 11 is 0. The summed E-state index contributed by atoms with van der Waals surface area (Å²) in [4.78, 5) is 0. The summed E-state index contributed by atoms with van der Waals surface area (Å²) in [5.74, 6) is 1.70. The molecule has 0 aromatic heterocycles. The van der Waals surface area contributed by atoms with Gasteiger partial charge in [0.15, 0.2) is 0 Å². The Morgan fingerprint density at radius 1 is 0.500 bits per heavy atom. The van der Waals surface area contributed by atoms with Crippen LogP contribution in [0.5, 0.6) is 11.5 Å². The molecule has 0 radical (unpaired) electrons. The van der Waals surface area contributed by atoms with Crippen LogP contribution in [-0.4, -0.2) is 6.71 Å². The number of benzene rings is 7. The van der Waals surface area contributed by atoms with Crippen LogP contribution in [0.4, 0.5) is 0 Å². The van der Waals surface area contributed by atoms with Gasteiger partial charge in [-0.25, -0.2) is 0 Å². The lowest BCUT2D eigenvalue weighted by atomic mass is 9.37. The molecule has 202 valence electrons. The molecule has 0 saturated carbocycles. The summed E-state index contributed by atoms with van der Waals surface area (Å²) in [6.45, 7) is 7.52. The van der Waals surface area contributed by atoms with Crippen LogP contribution in [0.25, 0.3) is 32.3 Å². The number of hydrogen-bond donors (Lipinski definition) is 0. The highest BCUT2D eigenvalue weighted by atomic mass is 16.5. The van der Waals surface area contributed by atoms with Gasteiger partial charge in [0.05, 0.1) is 0 Å². The largest absolute Gasteiger partial charge is 0.457 e. The molecule has 0 aliphatic carbocycles. The van der Waals surface area contributed by atoms with Gasteiger partial charge in [-0.15, -0.1) is 6.58 Å². The number of ether oxygens (including phenoxy) is 1. The molecule has 0 amide bonds. The van der Waals surface area contributed by atoms with Crippen molar-refractivity contribution >= 4 is 55.4 Å². The second kappa shape index (κ2) is 12.2. The Morgan fingerprint density at radius 2 is 0.976 bits per heavy atom. The molecule has 7 rings (SSSR count). The summed E-state index contributed by atoms with van der Waals surface area (Å²) in [6.07, 6.45) is 1.75. The predicted octanol–water partition coefficient (Wildman–Crippen LogP) is 8.96. The molecule has 0 heterocycles. The molecule has 0 fully saturated rings. The van der Waals surface area contributed by atoms with Crippen molar-refractivity contribution in [1.82, 2.24) is 0 Å². The summed E-state index contributed by atoms with van der Waals surface area (Å²) in [5, 5.41) is 7.48. The molecular weight excluding hydrogens is 507 g/mol. The fraction of sp³-hybridized carbons (Fsp3) is 0.0500. The number of rotatable bonds is 5. The van der Waals surface area contributed by atoms with Crippen molar-refractivity contribution in [2.24, 2.45) is 0 Å². The molecule has 0 unspecified atom stereocenters. The van der Waals surface area contributed by atoms with Crippen molar-refractivity contribution in [3.63, 3.8) is 0 Å². The first-order chi connectivity index (χ1) is 20.6. The Labute approximate surface area is 248 Å². The van der Waals surface area contributed by atoms with Gasteiger partial charge >= 0.3 is 0 Å². The van der Waals surface area contributed by atoms with Gasteiger partial charge in [0.25, 0.3) is 0 Å². The molecular formula is C40H33BO. The zero-order chi connectivity index (χ0) is 28.9. The van der Waals surface area contributed by atoms with Crippen LogP contribution in [-0.2, 0) is 0 Å². The molecule has 0 bridgehead atoms. The third-order valence-corrected chi connectivity index (χ3v) is 7.68. The third-order valence-electron chi connectivity index (χ3n) is 7.68. The lowest BCUT2D eigenvalue weighted by Gasteiger charge is -2.17. The lowest BCUT2D eigenvalue weighted by molar-refractivity contribution is 0.483. The van der Waals surface area contributed by atoms with E-state index in [2.05, 4.69) is 147 Å². The maximum Gasteiger partial charge on any atom is 0.241 e. The van der Waals surface area contributed by atoms with Crippen molar-refractivity contribution < 1.29 is 4.74 Å². The Kier molecular flexibility index (Phi) is 7.88. The van der Waals surface area contributed by atoms with E-state index in [-0.39, 0.29) is 6.71 Å². The van der Waals surface area contributed by atoms with Crippen LogP contribution in [0.15, 0.2) is 158 Å². The maximum absolute atomic E-state index is 6.13. The predicted molar refractivity (Wildman–Crippen MR) is 184 cm³/mol. The number of hydrogen-bond acceptors (Lipinski definition) is 1. The van der Waals surface area contributed by atoms with Crippen molar-refractivity contribution in [2.75, 3.05) is 0 Å². The standard InChI is InChI=1S/C37H27BO.C3H6/c1-26-12-17-32(18-13-26)39-33-19-23-35-28(25-33)15-21-36-34-22-16-31(24-27(34)14-20-37(35)36)38(29-8-4-2-5-9-29)30-10-6-3-7-11-30;1-3-2/h2-25H,1H3;3H,1H2,2H3. The molecule has 0 atom stereocenters. The Bertz CT molecular complexity index is 1940. The van der Waals surface area contributed by atoms with Crippen molar-refractivity contribution in [3.8, 4) is 11.5 Å². The molecule has 0 saturated heterocycles. The van der Waals surface area contributed by atoms with Gasteiger partial charge in [0.1, 0.15) is 11.5 Å². The molecule has 0 aliphatic heterocycles. The van der Waals surface area contributed by atoms with E-state index >= 15 is 0 Å². The van der Waals surface area contributed by atoms with E-state index in [0.717, 1.165) is 11.5 Å². The SMILES string of the molecule is C=CC.Cc1ccc(Oc2ccc3c(ccc4c5ccc(B(c6ccccc6)c6ccccc6)cc5ccc34)c2)cc1. The van der Waals surface area contributed by atoms with Gasteiger partial charge in [-0.1, -0.05) is 149 Å². The van der Waals surface area contributed by atoms with Crippen LogP contribution in [0.3, 0.4) is 0 Å². The van der Waals surface area contributed by atoms with Gasteiger partial charge < -0.3 is 4.74 Å². The molecule has 42 heavy (non-hydrogen) atoms. The maximum atomic E-state index is 6.13. The van der Waals surface area contributed by atoms with Crippen LogP contribution in [0.1, 0.15) is 12.5 Å². The monoisotopic (exact) mass is 540 g/mol. The smallest absolute Gasteiger partial charge is 0.241 e. The molecule has 1 nitrogen and oxygen atoms in total. The van der Waals surface area contributed by atoms with Crippen molar-refractivity contribution in [2.45, 2.75) is 13.8 Å². The first kappa shape index (κ1) is 27.1. The fourth-order valence-corrected chi connectivity index (χ4v) is 5.74. The van der Waals surface area contributed by atoms with Crippen LogP contribution >= 0.6 is 0 Å². The highest BCUT2D eigenvalue weighted by Crippen LogP contribution is 2.33. The van der Waals surface area contributed by atoms with E-state index in [1.54, 1.807) is 6.08 Å². The van der Waals surface area contributed by atoms with E-state index < -0.39 is 0 Å². The fourth-order valence-electron chi connectivity index (χ4n) is 5.74. The summed E-state index contributed by atoms with van der Waals surface area (Å²) in [6, 6.07) is 52.1. The third kappa shape index (κ3) is 5.57. The zero-order valence-electron chi connectivity index (χ0n) is 24.1. The Balaban J connectivity index is 0.00000101. The highest BCUT2D eigenvalue weighted by Gasteiger charge is 2.21. The summed E-state index contributed by atoms with van der Waals surface area (Å²) < 4.78 is 6.13. The molecule has 0 spiro atoms. The summed E-state index contributed by atoms with van der Waals surface area (Å²) in [5.41, 5.74) is 5.14. The minimum absolute atomic E-state index is 0.191. The van der Waals surface area contributed by atoms with Gasteiger partial charge in [-0.3, -0.25) is 0 Å². The Hall–Kier alpha value is -5.08.